The second-order valence-electron chi connectivity index (χ2n) is 6.55. The van der Waals surface area contributed by atoms with Gasteiger partial charge in [0.1, 0.15) is 5.82 Å². The minimum Gasteiger partial charge on any atom is -0.277 e. The van der Waals surface area contributed by atoms with Crippen LogP contribution in [0.1, 0.15) is 44.1 Å². The molecule has 1 aromatic carbocycles. The molecule has 0 saturated heterocycles. The molecule has 0 spiro atoms. The Morgan fingerprint density at radius 2 is 2.25 bits per heavy atom. The molecule has 2 bridgehead atoms. The van der Waals surface area contributed by atoms with E-state index < -0.39 is 0 Å². The fraction of sp³-hybridized carbons (Fsp3) is 0.562. The molecule has 2 aromatic rings. The predicted octanol–water partition coefficient (Wildman–Crippen LogP) is 4.90. The zero-order valence-electron chi connectivity index (χ0n) is 11.5. The largest absolute Gasteiger partial charge is 0.277 e. The molecule has 1 heterocycles. The minimum absolute atomic E-state index is 0.201. The van der Waals surface area contributed by atoms with Gasteiger partial charge in [-0.3, -0.25) is 5.10 Å². The number of halogens is 2. The first-order valence-electron chi connectivity index (χ1n) is 7.46. The lowest BCUT2D eigenvalue weighted by atomic mass is 9.76. The summed E-state index contributed by atoms with van der Waals surface area (Å²) in [6, 6.07) is 1.66. The third-order valence-corrected chi connectivity index (χ3v) is 5.83. The molecule has 2 aliphatic rings. The normalized spacial score (nSPS) is 30.2. The van der Waals surface area contributed by atoms with Crippen LogP contribution in [0.5, 0.6) is 0 Å². The highest BCUT2D eigenvalue weighted by Crippen LogP contribution is 2.54. The van der Waals surface area contributed by atoms with Gasteiger partial charge in [0.25, 0.3) is 0 Å². The second kappa shape index (κ2) is 4.45. The summed E-state index contributed by atoms with van der Waals surface area (Å²) in [6.07, 6.45) is 6.98. The number of hydrogen-bond acceptors (Lipinski definition) is 1. The zero-order valence-corrected chi connectivity index (χ0v) is 12.3. The first-order valence-corrected chi connectivity index (χ1v) is 7.84. The Balaban J connectivity index is 1.81. The Morgan fingerprint density at radius 1 is 1.40 bits per heavy atom. The van der Waals surface area contributed by atoms with E-state index in [1.807, 2.05) is 0 Å². The molecule has 2 saturated carbocycles. The van der Waals surface area contributed by atoms with Gasteiger partial charge >= 0.3 is 0 Å². The van der Waals surface area contributed by atoms with Crippen molar-refractivity contribution in [3.63, 3.8) is 0 Å². The lowest BCUT2D eigenvalue weighted by molar-refractivity contribution is 0.289. The van der Waals surface area contributed by atoms with Gasteiger partial charge in [0, 0.05) is 10.9 Å². The molecule has 2 nitrogen and oxygen atoms in total. The van der Waals surface area contributed by atoms with Crippen molar-refractivity contribution in [2.45, 2.75) is 38.5 Å². The SMILES string of the molecule is CC(c1c(F)c(Cl)cc2cn[nH]c12)C1CC2CCC1C2. The van der Waals surface area contributed by atoms with Crippen molar-refractivity contribution in [1.29, 1.82) is 0 Å². The van der Waals surface area contributed by atoms with Crippen LogP contribution >= 0.6 is 11.6 Å². The van der Waals surface area contributed by atoms with E-state index in [-0.39, 0.29) is 16.8 Å². The molecule has 2 aliphatic carbocycles. The summed E-state index contributed by atoms with van der Waals surface area (Å²) < 4.78 is 14.6. The molecule has 20 heavy (non-hydrogen) atoms. The second-order valence-corrected chi connectivity index (χ2v) is 6.95. The molecule has 0 radical (unpaired) electrons. The summed E-state index contributed by atoms with van der Waals surface area (Å²) in [6.45, 7) is 2.15. The van der Waals surface area contributed by atoms with E-state index in [4.69, 9.17) is 11.6 Å². The average molecular weight is 293 g/mol. The number of aromatic nitrogens is 2. The van der Waals surface area contributed by atoms with E-state index in [1.54, 1.807) is 12.3 Å². The van der Waals surface area contributed by atoms with Gasteiger partial charge < -0.3 is 0 Å². The van der Waals surface area contributed by atoms with Crippen molar-refractivity contribution in [2.75, 3.05) is 0 Å². The van der Waals surface area contributed by atoms with Crippen LogP contribution < -0.4 is 0 Å². The van der Waals surface area contributed by atoms with Gasteiger partial charge in [-0.15, -0.1) is 0 Å². The fourth-order valence-electron chi connectivity index (χ4n) is 4.61. The van der Waals surface area contributed by atoms with Gasteiger partial charge in [0.2, 0.25) is 0 Å². The summed E-state index contributed by atoms with van der Waals surface area (Å²) in [7, 11) is 0. The molecule has 106 valence electrons. The Labute approximate surface area is 122 Å². The fourth-order valence-corrected chi connectivity index (χ4v) is 4.83. The number of rotatable bonds is 2. The third-order valence-electron chi connectivity index (χ3n) is 5.56. The lowest BCUT2D eigenvalue weighted by Crippen LogP contribution is -2.18. The van der Waals surface area contributed by atoms with Gasteiger partial charge in [0.05, 0.1) is 16.7 Å². The molecule has 0 aliphatic heterocycles. The molecule has 1 N–H and O–H groups in total. The maximum absolute atomic E-state index is 14.6. The van der Waals surface area contributed by atoms with Crippen molar-refractivity contribution < 1.29 is 4.39 Å². The molecule has 4 rings (SSSR count). The molecule has 0 amide bonds. The first-order chi connectivity index (χ1) is 9.65. The summed E-state index contributed by atoms with van der Waals surface area (Å²) in [5, 5.41) is 8.12. The minimum atomic E-state index is -0.265. The highest BCUT2D eigenvalue weighted by Gasteiger charge is 2.43. The van der Waals surface area contributed by atoms with Crippen LogP contribution in [-0.4, -0.2) is 10.2 Å². The van der Waals surface area contributed by atoms with Crippen molar-refractivity contribution in [3.8, 4) is 0 Å². The number of fused-ring (bicyclic) bond motifs is 3. The maximum Gasteiger partial charge on any atom is 0.147 e. The van der Waals surface area contributed by atoms with Crippen LogP contribution in [0.15, 0.2) is 12.3 Å². The van der Waals surface area contributed by atoms with E-state index in [9.17, 15) is 4.39 Å². The lowest BCUT2D eigenvalue weighted by Gasteiger charge is -2.28. The molecule has 1 aromatic heterocycles. The number of aromatic amines is 1. The quantitative estimate of drug-likeness (QED) is 0.838. The Bertz CT molecular complexity index is 666. The van der Waals surface area contributed by atoms with E-state index in [1.165, 1.54) is 25.7 Å². The molecular weight excluding hydrogens is 275 g/mol. The Kier molecular flexibility index (Phi) is 2.81. The van der Waals surface area contributed by atoms with Crippen LogP contribution in [0.25, 0.3) is 10.9 Å². The maximum atomic E-state index is 14.6. The van der Waals surface area contributed by atoms with Crippen molar-refractivity contribution >= 4 is 22.5 Å². The van der Waals surface area contributed by atoms with Gasteiger partial charge in [-0.05, 0) is 49.0 Å². The van der Waals surface area contributed by atoms with Crippen molar-refractivity contribution in [2.24, 2.45) is 17.8 Å². The molecule has 2 fully saturated rings. The first kappa shape index (κ1) is 12.6. The summed E-state index contributed by atoms with van der Waals surface area (Å²) in [5.41, 5.74) is 1.56. The highest BCUT2D eigenvalue weighted by molar-refractivity contribution is 6.31. The van der Waals surface area contributed by atoms with Crippen LogP contribution in [0.2, 0.25) is 5.02 Å². The third kappa shape index (κ3) is 1.72. The number of benzene rings is 1. The van der Waals surface area contributed by atoms with Crippen LogP contribution in [0, 0.1) is 23.6 Å². The molecular formula is C16H18ClFN2. The smallest absolute Gasteiger partial charge is 0.147 e. The topological polar surface area (TPSA) is 28.7 Å². The summed E-state index contributed by atoms with van der Waals surface area (Å²) in [5.74, 6) is 2.16. The number of hydrogen-bond donors (Lipinski definition) is 1. The highest BCUT2D eigenvalue weighted by atomic mass is 35.5. The molecule has 4 atom stereocenters. The standard InChI is InChI=1S/C16H18ClFN2/c1-8(12-5-9-2-3-10(12)4-9)14-15(18)13(17)6-11-7-19-20-16(11)14/h6-10,12H,2-5H2,1H3,(H,19,20). The molecule has 4 unspecified atom stereocenters. The van der Waals surface area contributed by atoms with E-state index in [2.05, 4.69) is 17.1 Å². The van der Waals surface area contributed by atoms with Crippen LogP contribution in [0.3, 0.4) is 0 Å². The van der Waals surface area contributed by atoms with E-state index >= 15 is 0 Å². The van der Waals surface area contributed by atoms with Crippen LogP contribution in [-0.2, 0) is 0 Å². The van der Waals surface area contributed by atoms with Gasteiger partial charge in [-0.2, -0.15) is 5.10 Å². The number of nitrogens with zero attached hydrogens (tertiary/aromatic N) is 1. The average Bonchev–Trinajstić information content (AvgIpc) is 3.14. The summed E-state index contributed by atoms with van der Waals surface area (Å²) >= 11 is 6.06. The van der Waals surface area contributed by atoms with E-state index in [0.717, 1.165) is 28.3 Å². The van der Waals surface area contributed by atoms with Crippen molar-refractivity contribution in [1.82, 2.24) is 10.2 Å². The Morgan fingerprint density at radius 3 is 2.95 bits per heavy atom. The predicted molar refractivity (Wildman–Crippen MR) is 78.4 cm³/mol. The Hall–Kier alpha value is -1.09. The monoisotopic (exact) mass is 292 g/mol. The zero-order chi connectivity index (χ0) is 13.9. The van der Waals surface area contributed by atoms with E-state index in [0.29, 0.717) is 5.92 Å². The van der Waals surface area contributed by atoms with Crippen molar-refractivity contribution in [3.05, 3.63) is 28.7 Å². The number of nitrogens with one attached hydrogen (secondary N) is 1. The van der Waals surface area contributed by atoms with Gasteiger partial charge in [0.15, 0.2) is 0 Å². The van der Waals surface area contributed by atoms with Crippen LogP contribution in [0.4, 0.5) is 4.39 Å². The van der Waals surface area contributed by atoms with Gasteiger partial charge in [-0.25, -0.2) is 4.39 Å². The molecule has 4 heteroatoms. The number of H-pyrrole nitrogens is 1. The van der Waals surface area contributed by atoms with Gasteiger partial charge in [-0.1, -0.05) is 24.9 Å². The summed E-state index contributed by atoms with van der Waals surface area (Å²) in [4.78, 5) is 0.